The fourth-order valence-electron chi connectivity index (χ4n) is 3.17. The van der Waals surface area contributed by atoms with Crippen molar-refractivity contribution in [2.24, 2.45) is 5.92 Å². The number of alkyl halides is 2. The highest BCUT2D eigenvalue weighted by molar-refractivity contribution is 5.94. The van der Waals surface area contributed by atoms with Gasteiger partial charge in [-0.1, -0.05) is 30.3 Å². The van der Waals surface area contributed by atoms with Crippen LogP contribution < -0.4 is 5.32 Å². The standard InChI is InChI=1S/C18H22F2N4O/c1-12-16(13(2)23-22-12)21-17(25)15-11-24(9-8-18(15,19)20)10-14-6-4-3-5-7-14/h3-7,15H,8-11H2,1-2H3,(H,21,25)(H,22,23). The fraction of sp³-hybridized carbons (Fsp3) is 0.444. The summed E-state index contributed by atoms with van der Waals surface area (Å²) in [5.74, 6) is -5.04. The SMILES string of the molecule is Cc1n[nH]c(C)c1NC(=O)C1CN(Cc2ccccc2)CCC1(F)F. The molecule has 134 valence electrons. The molecule has 1 aromatic carbocycles. The Labute approximate surface area is 145 Å². The number of likely N-dealkylation sites (tertiary alicyclic amines) is 1. The van der Waals surface area contributed by atoms with Crippen LogP contribution in [-0.4, -0.2) is 40.0 Å². The Balaban J connectivity index is 1.72. The molecule has 1 unspecified atom stereocenters. The average Bonchev–Trinajstić information content (AvgIpc) is 2.89. The summed E-state index contributed by atoms with van der Waals surface area (Å²) in [5, 5.41) is 9.36. The summed E-state index contributed by atoms with van der Waals surface area (Å²) in [6, 6.07) is 9.67. The number of carbonyl (C=O) groups excluding carboxylic acids is 1. The van der Waals surface area contributed by atoms with Crippen molar-refractivity contribution in [3.63, 3.8) is 0 Å². The molecule has 0 radical (unpaired) electrons. The van der Waals surface area contributed by atoms with Crippen LogP contribution in [0.1, 0.15) is 23.4 Å². The van der Waals surface area contributed by atoms with Gasteiger partial charge in [-0.15, -0.1) is 0 Å². The Kier molecular flexibility index (Phi) is 4.85. The molecule has 0 aliphatic carbocycles. The van der Waals surface area contributed by atoms with E-state index in [1.54, 1.807) is 13.8 Å². The van der Waals surface area contributed by atoms with Gasteiger partial charge in [-0.2, -0.15) is 5.10 Å². The van der Waals surface area contributed by atoms with Crippen molar-refractivity contribution in [3.05, 3.63) is 47.3 Å². The van der Waals surface area contributed by atoms with E-state index < -0.39 is 17.7 Å². The van der Waals surface area contributed by atoms with Crippen LogP contribution in [0.15, 0.2) is 30.3 Å². The van der Waals surface area contributed by atoms with E-state index in [9.17, 15) is 13.6 Å². The molecule has 0 saturated carbocycles. The number of nitrogens with one attached hydrogen (secondary N) is 2. The van der Waals surface area contributed by atoms with E-state index in [4.69, 9.17) is 0 Å². The van der Waals surface area contributed by atoms with Crippen molar-refractivity contribution in [2.75, 3.05) is 18.4 Å². The molecule has 0 spiro atoms. The summed E-state index contributed by atoms with van der Waals surface area (Å²) < 4.78 is 28.7. The first-order valence-corrected chi connectivity index (χ1v) is 8.33. The van der Waals surface area contributed by atoms with Gasteiger partial charge in [-0.25, -0.2) is 8.78 Å². The zero-order valence-corrected chi connectivity index (χ0v) is 14.4. The quantitative estimate of drug-likeness (QED) is 0.892. The van der Waals surface area contributed by atoms with Crippen LogP contribution in [0.25, 0.3) is 0 Å². The van der Waals surface area contributed by atoms with Crippen LogP contribution in [0.3, 0.4) is 0 Å². The van der Waals surface area contributed by atoms with Crippen LogP contribution in [0.4, 0.5) is 14.5 Å². The lowest BCUT2D eigenvalue weighted by Crippen LogP contribution is -2.51. The van der Waals surface area contributed by atoms with Gasteiger partial charge in [0.15, 0.2) is 0 Å². The van der Waals surface area contributed by atoms with Crippen molar-refractivity contribution in [1.82, 2.24) is 15.1 Å². The number of H-pyrrole nitrogens is 1. The van der Waals surface area contributed by atoms with Crippen molar-refractivity contribution in [3.8, 4) is 0 Å². The molecule has 1 aromatic heterocycles. The highest BCUT2D eigenvalue weighted by atomic mass is 19.3. The number of hydrogen-bond donors (Lipinski definition) is 2. The van der Waals surface area contributed by atoms with Gasteiger partial charge in [-0.3, -0.25) is 14.8 Å². The Hall–Kier alpha value is -2.28. The molecular weight excluding hydrogens is 326 g/mol. The topological polar surface area (TPSA) is 61.0 Å². The van der Waals surface area contributed by atoms with Crippen molar-refractivity contribution < 1.29 is 13.6 Å². The minimum atomic E-state index is -3.01. The highest BCUT2D eigenvalue weighted by Gasteiger charge is 2.48. The Morgan fingerprint density at radius 2 is 2.08 bits per heavy atom. The number of piperidine rings is 1. The molecule has 7 heteroatoms. The van der Waals surface area contributed by atoms with Crippen LogP contribution in [-0.2, 0) is 11.3 Å². The number of rotatable bonds is 4. The zero-order chi connectivity index (χ0) is 18.0. The molecule has 2 heterocycles. The Morgan fingerprint density at radius 3 is 2.72 bits per heavy atom. The monoisotopic (exact) mass is 348 g/mol. The van der Waals surface area contributed by atoms with E-state index in [0.717, 1.165) is 5.56 Å². The minimum absolute atomic E-state index is 0.0314. The van der Waals surface area contributed by atoms with E-state index in [1.807, 2.05) is 35.2 Å². The van der Waals surface area contributed by atoms with Gasteiger partial charge in [-0.05, 0) is 19.4 Å². The number of hydrogen-bond acceptors (Lipinski definition) is 3. The number of amides is 1. The maximum atomic E-state index is 14.4. The summed E-state index contributed by atoms with van der Waals surface area (Å²) >= 11 is 0. The van der Waals surface area contributed by atoms with E-state index in [1.165, 1.54) is 0 Å². The van der Waals surface area contributed by atoms with Gasteiger partial charge in [0.2, 0.25) is 5.91 Å². The molecule has 1 saturated heterocycles. The number of anilines is 1. The summed E-state index contributed by atoms with van der Waals surface area (Å²) in [6.45, 7) is 4.33. The summed E-state index contributed by atoms with van der Waals surface area (Å²) in [5.41, 5.74) is 2.78. The van der Waals surface area contributed by atoms with Gasteiger partial charge in [0.25, 0.3) is 5.92 Å². The second-order valence-electron chi connectivity index (χ2n) is 6.58. The number of aromatic amines is 1. The average molecular weight is 348 g/mol. The largest absolute Gasteiger partial charge is 0.323 e. The van der Waals surface area contributed by atoms with E-state index in [-0.39, 0.29) is 19.5 Å². The third-order valence-electron chi connectivity index (χ3n) is 4.65. The lowest BCUT2D eigenvalue weighted by atomic mass is 9.92. The number of halogens is 2. The van der Waals surface area contributed by atoms with Crippen molar-refractivity contribution in [2.45, 2.75) is 32.7 Å². The Morgan fingerprint density at radius 1 is 1.36 bits per heavy atom. The molecule has 3 rings (SSSR count). The molecule has 2 aromatic rings. The Bertz CT molecular complexity index is 725. The second kappa shape index (κ2) is 6.92. The molecule has 0 bridgehead atoms. The first-order chi connectivity index (χ1) is 11.9. The smallest absolute Gasteiger partial charge is 0.262 e. The number of aryl methyl sites for hydroxylation is 2. The molecule has 5 nitrogen and oxygen atoms in total. The lowest BCUT2D eigenvalue weighted by Gasteiger charge is -2.37. The van der Waals surface area contributed by atoms with E-state index in [2.05, 4.69) is 15.5 Å². The number of benzene rings is 1. The predicted molar refractivity (Wildman–Crippen MR) is 91.5 cm³/mol. The molecule has 1 fully saturated rings. The van der Waals surface area contributed by atoms with Crippen LogP contribution in [0, 0.1) is 19.8 Å². The maximum Gasteiger partial charge on any atom is 0.262 e. The number of aromatic nitrogens is 2. The normalized spacial score (nSPS) is 20.4. The van der Waals surface area contributed by atoms with Crippen molar-refractivity contribution in [1.29, 1.82) is 0 Å². The zero-order valence-electron chi connectivity index (χ0n) is 14.4. The highest BCUT2D eigenvalue weighted by Crippen LogP contribution is 2.35. The summed E-state index contributed by atoms with van der Waals surface area (Å²) in [7, 11) is 0. The summed E-state index contributed by atoms with van der Waals surface area (Å²) in [4.78, 5) is 14.4. The molecule has 1 aliphatic rings. The number of nitrogens with zero attached hydrogens (tertiary/aromatic N) is 2. The molecule has 1 amide bonds. The van der Waals surface area contributed by atoms with Gasteiger partial charge in [0.05, 0.1) is 17.1 Å². The first kappa shape index (κ1) is 17.5. The molecular formula is C18H22F2N4O. The van der Waals surface area contributed by atoms with E-state index >= 15 is 0 Å². The third-order valence-corrected chi connectivity index (χ3v) is 4.65. The van der Waals surface area contributed by atoms with Gasteiger partial charge in [0, 0.05) is 26.1 Å². The molecule has 2 N–H and O–H groups in total. The van der Waals surface area contributed by atoms with E-state index in [0.29, 0.717) is 23.6 Å². The van der Waals surface area contributed by atoms with Gasteiger partial charge in [0.1, 0.15) is 5.92 Å². The predicted octanol–water partition coefficient (Wildman–Crippen LogP) is 3.12. The van der Waals surface area contributed by atoms with Crippen LogP contribution in [0.5, 0.6) is 0 Å². The van der Waals surface area contributed by atoms with Gasteiger partial charge < -0.3 is 5.32 Å². The lowest BCUT2D eigenvalue weighted by molar-refractivity contribution is -0.146. The number of carbonyl (C=O) groups is 1. The molecule has 1 atom stereocenters. The maximum absolute atomic E-state index is 14.4. The van der Waals surface area contributed by atoms with Crippen LogP contribution >= 0.6 is 0 Å². The second-order valence-corrected chi connectivity index (χ2v) is 6.58. The van der Waals surface area contributed by atoms with Gasteiger partial charge >= 0.3 is 0 Å². The van der Waals surface area contributed by atoms with Crippen LogP contribution in [0.2, 0.25) is 0 Å². The first-order valence-electron chi connectivity index (χ1n) is 8.33. The third kappa shape index (κ3) is 3.87. The molecule has 25 heavy (non-hydrogen) atoms. The van der Waals surface area contributed by atoms with Crippen molar-refractivity contribution >= 4 is 11.6 Å². The summed E-state index contributed by atoms with van der Waals surface area (Å²) in [6.07, 6.45) is -0.318. The minimum Gasteiger partial charge on any atom is -0.323 e. The fourth-order valence-corrected chi connectivity index (χ4v) is 3.17. The molecule has 1 aliphatic heterocycles.